The zero-order chi connectivity index (χ0) is 12.1. The molecule has 0 saturated heterocycles. The van der Waals surface area contributed by atoms with Crippen LogP contribution in [0.5, 0.6) is 0 Å². The summed E-state index contributed by atoms with van der Waals surface area (Å²) >= 11 is 0. The number of benzene rings is 1. The Morgan fingerprint density at radius 2 is 1.88 bits per heavy atom. The van der Waals surface area contributed by atoms with Crippen molar-refractivity contribution in [1.29, 1.82) is 0 Å². The fourth-order valence-electron chi connectivity index (χ4n) is 1.47. The fraction of sp³-hybridized carbons (Fsp3) is 0.462. The Balaban J connectivity index is 2.59. The Bertz CT molecular complexity index is 335. The predicted octanol–water partition coefficient (Wildman–Crippen LogP) is 1.63. The van der Waals surface area contributed by atoms with E-state index in [0.29, 0.717) is 6.54 Å². The highest BCUT2D eigenvalue weighted by Gasteiger charge is 2.20. The molecule has 0 aliphatic carbocycles. The van der Waals surface area contributed by atoms with Gasteiger partial charge in [0, 0.05) is 13.6 Å². The monoisotopic (exact) mass is 220 g/mol. The quantitative estimate of drug-likeness (QED) is 0.838. The standard InChI is InChI=1S/C13H20N2O/c1-10(2)12(14)13(16)15(3)9-11-7-5-4-6-8-11/h4-8,10,12H,9,14H2,1-3H3. The lowest BCUT2D eigenvalue weighted by Crippen LogP contribution is -2.44. The maximum Gasteiger partial charge on any atom is 0.239 e. The summed E-state index contributed by atoms with van der Waals surface area (Å²) in [5.74, 6) is 0.171. The van der Waals surface area contributed by atoms with Crippen molar-refractivity contribution < 1.29 is 4.79 Å². The minimum Gasteiger partial charge on any atom is -0.340 e. The van der Waals surface area contributed by atoms with Gasteiger partial charge < -0.3 is 10.6 Å². The molecular formula is C13H20N2O. The molecule has 1 aromatic carbocycles. The van der Waals surface area contributed by atoms with Crippen LogP contribution in [0.2, 0.25) is 0 Å². The second kappa shape index (κ2) is 5.66. The van der Waals surface area contributed by atoms with Crippen molar-refractivity contribution >= 4 is 5.91 Å². The Kier molecular flexibility index (Phi) is 4.50. The minimum absolute atomic E-state index is 0.00106. The van der Waals surface area contributed by atoms with Gasteiger partial charge in [-0.3, -0.25) is 4.79 Å². The van der Waals surface area contributed by atoms with Crippen molar-refractivity contribution in [2.45, 2.75) is 26.4 Å². The van der Waals surface area contributed by atoms with Crippen LogP contribution in [0.25, 0.3) is 0 Å². The second-order valence-corrected chi connectivity index (χ2v) is 4.45. The maximum absolute atomic E-state index is 11.9. The number of likely N-dealkylation sites (N-methyl/N-ethyl adjacent to an activating group) is 1. The molecule has 0 spiro atoms. The number of hydrogen-bond donors (Lipinski definition) is 1. The summed E-state index contributed by atoms with van der Waals surface area (Å²) in [4.78, 5) is 13.6. The number of nitrogens with zero attached hydrogens (tertiary/aromatic N) is 1. The molecule has 0 bridgehead atoms. The van der Waals surface area contributed by atoms with Crippen LogP contribution in [-0.2, 0) is 11.3 Å². The minimum atomic E-state index is -0.409. The van der Waals surface area contributed by atoms with Crippen molar-refractivity contribution in [3.05, 3.63) is 35.9 Å². The molecule has 0 aliphatic heterocycles. The summed E-state index contributed by atoms with van der Waals surface area (Å²) in [6, 6.07) is 9.50. The van der Waals surface area contributed by atoms with E-state index in [1.54, 1.807) is 11.9 Å². The number of hydrogen-bond acceptors (Lipinski definition) is 2. The van der Waals surface area contributed by atoms with Crippen molar-refractivity contribution in [2.24, 2.45) is 11.7 Å². The Morgan fingerprint density at radius 1 is 1.31 bits per heavy atom. The van der Waals surface area contributed by atoms with E-state index in [4.69, 9.17) is 5.73 Å². The Morgan fingerprint density at radius 3 is 2.38 bits per heavy atom. The highest BCUT2D eigenvalue weighted by molar-refractivity contribution is 5.81. The van der Waals surface area contributed by atoms with Crippen molar-refractivity contribution in [1.82, 2.24) is 4.90 Å². The van der Waals surface area contributed by atoms with E-state index >= 15 is 0 Å². The first-order valence-electron chi connectivity index (χ1n) is 5.57. The molecule has 0 aliphatic rings. The van der Waals surface area contributed by atoms with E-state index < -0.39 is 6.04 Å². The van der Waals surface area contributed by atoms with Gasteiger partial charge in [-0.15, -0.1) is 0 Å². The molecule has 1 amide bonds. The highest BCUT2D eigenvalue weighted by Crippen LogP contribution is 2.07. The van der Waals surface area contributed by atoms with Gasteiger partial charge in [0.25, 0.3) is 0 Å². The van der Waals surface area contributed by atoms with E-state index in [1.807, 2.05) is 44.2 Å². The number of amides is 1. The lowest BCUT2D eigenvalue weighted by Gasteiger charge is -2.23. The molecule has 0 fully saturated rings. The first-order valence-corrected chi connectivity index (χ1v) is 5.57. The lowest BCUT2D eigenvalue weighted by molar-refractivity contribution is -0.132. The van der Waals surface area contributed by atoms with Crippen LogP contribution >= 0.6 is 0 Å². The van der Waals surface area contributed by atoms with E-state index in [2.05, 4.69) is 0 Å². The SMILES string of the molecule is CC(C)C(N)C(=O)N(C)Cc1ccccc1. The number of rotatable bonds is 4. The Labute approximate surface area is 97.2 Å². The molecule has 1 unspecified atom stereocenters. The molecule has 3 nitrogen and oxygen atoms in total. The van der Waals surface area contributed by atoms with Crippen molar-refractivity contribution in [2.75, 3.05) is 7.05 Å². The van der Waals surface area contributed by atoms with Crippen LogP contribution in [0.1, 0.15) is 19.4 Å². The normalized spacial score (nSPS) is 12.6. The third kappa shape index (κ3) is 3.35. The van der Waals surface area contributed by atoms with Gasteiger partial charge >= 0.3 is 0 Å². The lowest BCUT2D eigenvalue weighted by atomic mass is 10.0. The van der Waals surface area contributed by atoms with Gasteiger partial charge in [-0.2, -0.15) is 0 Å². The van der Waals surface area contributed by atoms with Gasteiger partial charge in [0.05, 0.1) is 6.04 Å². The molecule has 2 N–H and O–H groups in total. The third-order valence-corrected chi connectivity index (χ3v) is 2.64. The van der Waals surface area contributed by atoms with E-state index in [1.165, 1.54) is 0 Å². The predicted molar refractivity (Wildman–Crippen MR) is 65.7 cm³/mol. The van der Waals surface area contributed by atoms with Crippen molar-refractivity contribution in [3.8, 4) is 0 Å². The largest absolute Gasteiger partial charge is 0.340 e. The van der Waals surface area contributed by atoms with Crippen LogP contribution in [0.15, 0.2) is 30.3 Å². The van der Waals surface area contributed by atoms with E-state index in [0.717, 1.165) is 5.56 Å². The van der Waals surface area contributed by atoms with E-state index in [-0.39, 0.29) is 11.8 Å². The smallest absolute Gasteiger partial charge is 0.239 e. The van der Waals surface area contributed by atoms with E-state index in [9.17, 15) is 4.79 Å². The molecule has 16 heavy (non-hydrogen) atoms. The average molecular weight is 220 g/mol. The van der Waals surface area contributed by atoms with Gasteiger partial charge in [0.2, 0.25) is 5.91 Å². The maximum atomic E-state index is 11.9. The summed E-state index contributed by atoms with van der Waals surface area (Å²) in [6.07, 6.45) is 0. The van der Waals surface area contributed by atoms with Crippen LogP contribution in [0.3, 0.4) is 0 Å². The summed E-state index contributed by atoms with van der Waals surface area (Å²) in [7, 11) is 1.79. The summed E-state index contributed by atoms with van der Waals surface area (Å²) in [6.45, 7) is 4.53. The molecular weight excluding hydrogens is 200 g/mol. The molecule has 0 radical (unpaired) electrons. The van der Waals surface area contributed by atoms with Gasteiger partial charge in [0.1, 0.15) is 0 Å². The molecule has 88 valence electrons. The molecule has 3 heteroatoms. The van der Waals surface area contributed by atoms with Gasteiger partial charge in [-0.05, 0) is 11.5 Å². The van der Waals surface area contributed by atoms with Crippen LogP contribution in [0, 0.1) is 5.92 Å². The first-order chi connectivity index (χ1) is 7.52. The molecule has 0 heterocycles. The van der Waals surface area contributed by atoms with Gasteiger partial charge in [-0.1, -0.05) is 44.2 Å². The number of nitrogens with two attached hydrogens (primary N) is 1. The van der Waals surface area contributed by atoms with Gasteiger partial charge in [-0.25, -0.2) is 0 Å². The summed E-state index contributed by atoms with van der Waals surface area (Å²) in [5, 5.41) is 0. The molecule has 1 atom stereocenters. The first kappa shape index (κ1) is 12.7. The Hall–Kier alpha value is -1.35. The molecule has 0 aromatic heterocycles. The summed E-state index contributed by atoms with van der Waals surface area (Å²) in [5.41, 5.74) is 6.94. The zero-order valence-electron chi connectivity index (χ0n) is 10.2. The number of carbonyl (C=O) groups excluding carboxylic acids is 1. The summed E-state index contributed by atoms with van der Waals surface area (Å²) < 4.78 is 0. The highest BCUT2D eigenvalue weighted by atomic mass is 16.2. The van der Waals surface area contributed by atoms with Crippen LogP contribution < -0.4 is 5.73 Å². The zero-order valence-corrected chi connectivity index (χ0v) is 10.2. The van der Waals surface area contributed by atoms with Gasteiger partial charge in [0.15, 0.2) is 0 Å². The van der Waals surface area contributed by atoms with Crippen LogP contribution in [0.4, 0.5) is 0 Å². The topological polar surface area (TPSA) is 46.3 Å². The molecule has 1 aromatic rings. The average Bonchev–Trinajstić information content (AvgIpc) is 2.28. The third-order valence-electron chi connectivity index (χ3n) is 2.64. The second-order valence-electron chi connectivity index (χ2n) is 4.45. The number of carbonyl (C=O) groups is 1. The molecule has 1 rings (SSSR count). The van der Waals surface area contributed by atoms with Crippen molar-refractivity contribution in [3.63, 3.8) is 0 Å². The van der Waals surface area contributed by atoms with Crippen LogP contribution in [-0.4, -0.2) is 23.9 Å². The fourth-order valence-corrected chi connectivity index (χ4v) is 1.47. The molecule has 0 saturated carbocycles.